The number of anilines is 1. The van der Waals surface area contributed by atoms with Crippen molar-refractivity contribution in [3.05, 3.63) is 16.7 Å². The number of aromatic nitrogens is 1. The zero-order valence-electron chi connectivity index (χ0n) is 6.33. The van der Waals surface area contributed by atoms with Gasteiger partial charge in [0.25, 0.3) is 0 Å². The molecule has 12 heavy (non-hydrogen) atoms. The summed E-state index contributed by atoms with van der Waals surface area (Å²) >= 11 is 4.82. The second-order valence-electron chi connectivity index (χ2n) is 2.13. The smallest absolute Gasteiger partial charge is 0.110 e. The Labute approximate surface area is 83.5 Å². The van der Waals surface area contributed by atoms with E-state index in [1.54, 1.807) is 12.3 Å². The molecular formula is C7H9BrN2OS. The highest BCUT2D eigenvalue weighted by Gasteiger charge is 2.01. The van der Waals surface area contributed by atoms with Gasteiger partial charge in [0.1, 0.15) is 5.03 Å². The molecule has 1 aromatic heterocycles. The van der Waals surface area contributed by atoms with Crippen LogP contribution in [0, 0.1) is 0 Å². The Bertz CT molecular complexity index is 270. The van der Waals surface area contributed by atoms with Crippen molar-refractivity contribution < 1.29 is 5.11 Å². The maximum Gasteiger partial charge on any atom is 0.110 e. The second kappa shape index (κ2) is 4.69. The summed E-state index contributed by atoms with van der Waals surface area (Å²) in [5.74, 6) is 0.648. The molecule has 1 aromatic rings. The van der Waals surface area contributed by atoms with E-state index < -0.39 is 0 Å². The van der Waals surface area contributed by atoms with Gasteiger partial charge in [0, 0.05) is 5.75 Å². The molecule has 66 valence electrons. The fourth-order valence-electron chi connectivity index (χ4n) is 0.689. The van der Waals surface area contributed by atoms with Crippen molar-refractivity contribution >= 4 is 33.4 Å². The van der Waals surface area contributed by atoms with E-state index in [4.69, 9.17) is 10.8 Å². The van der Waals surface area contributed by atoms with Gasteiger partial charge in [-0.3, -0.25) is 0 Å². The van der Waals surface area contributed by atoms with Gasteiger partial charge in [-0.2, -0.15) is 0 Å². The van der Waals surface area contributed by atoms with Crippen LogP contribution < -0.4 is 5.73 Å². The van der Waals surface area contributed by atoms with Crippen LogP contribution >= 0.6 is 27.7 Å². The van der Waals surface area contributed by atoms with E-state index in [0.717, 1.165) is 9.50 Å². The molecule has 0 aliphatic carbocycles. The van der Waals surface area contributed by atoms with Crippen LogP contribution in [0.15, 0.2) is 21.8 Å². The number of thioether (sulfide) groups is 1. The normalized spacial score (nSPS) is 10.2. The lowest BCUT2D eigenvalue weighted by molar-refractivity contribution is 0.322. The molecule has 1 heterocycles. The number of halogens is 1. The molecule has 0 radical (unpaired) electrons. The fraction of sp³-hybridized carbons (Fsp3) is 0.286. The largest absolute Gasteiger partial charge is 0.397 e. The van der Waals surface area contributed by atoms with Crippen molar-refractivity contribution in [1.82, 2.24) is 4.98 Å². The van der Waals surface area contributed by atoms with E-state index in [0.29, 0.717) is 11.4 Å². The molecular weight excluding hydrogens is 240 g/mol. The summed E-state index contributed by atoms with van der Waals surface area (Å²) in [6.45, 7) is 0.156. The lowest BCUT2D eigenvalue weighted by Gasteiger charge is -2.01. The Morgan fingerprint density at radius 1 is 1.67 bits per heavy atom. The fourth-order valence-corrected chi connectivity index (χ4v) is 2.01. The quantitative estimate of drug-likeness (QED) is 0.797. The van der Waals surface area contributed by atoms with E-state index >= 15 is 0 Å². The highest BCUT2D eigenvalue weighted by molar-refractivity contribution is 9.10. The summed E-state index contributed by atoms with van der Waals surface area (Å²) in [5, 5.41) is 9.44. The third kappa shape index (κ3) is 2.66. The first-order valence-electron chi connectivity index (χ1n) is 3.38. The van der Waals surface area contributed by atoms with Gasteiger partial charge in [0.05, 0.1) is 23.0 Å². The molecule has 0 aliphatic heterocycles. The number of rotatable bonds is 3. The maximum absolute atomic E-state index is 8.58. The highest BCUT2D eigenvalue weighted by Crippen LogP contribution is 2.26. The van der Waals surface area contributed by atoms with Gasteiger partial charge in [-0.25, -0.2) is 4.98 Å². The zero-order valence-corrected chi connectivity index (χ0v) is 8.73. The van der Waals surface area contributed by atoms with Gasteiger partial charge in [0.2, 0.25) is 0 Å². The van der Waals surface area contributed by atoms with Gasteiger partial charge < -0.3 is 10.8 Å². The first kappa shape index (κ1) is 9.83. The van der Waals surface area contributed by atoms with Crippen LogP contribution in [-0.2, 0) is 0 Å². The number of aliphatic hydroxyl groups is 1. The highest BCUT2D eigenvalue weighted by atomic mass is 79.9. The van der Waals surface area contributed by atoms with Crippen molar-refractivity contribution in [3.8, 4) is 0 Å². The predicted molar refractivity (Wildman–Crippen MR) is 54.2 cm³/mol. The molecule has 0 spiro atoms. The molecule has 0 amide bonds. The van der Waals surface area contributed by atoms with Gasteiger partial charge in [-0.1, -0.05) is 0 Å². The minimum absolute atomic E-state index is 0.156. The van der Waals surface area contributed by atoms with E-state index in [1.807, 2.05) is 0 Å². The predicted octanol–water partition coefficient (Wildman–Crippen LogP) is 1.51. The molecule has 0 atom stereocenters. The average molecular weight is 249 g/mol. The van der Waals surface area contributed by atoms with Crippen molar-refractivity contribution in [1.29, 1.82) is 0 Å². The van der Waals surface area contributed by atoms with Gasteiger partial charge in [-0.15, -0.1) is 11.8 Å². The monoisotopic (exact) mass is 248 g/mol. The molecule has 0 fully saturated rings. The van der Waals surface area contributed by atoms with Crippen LogP contribution in [0.3, 0.4) is 0 Å². The zero-order chi connectivity index (χ0) is 8.97. The van der Waals surface area contributed by atoms with Crippen molar-refractivity contribution in [3.63, 3.8) is 0 Å². The molecule has 5 heteroatoms. The lowest BCUT2D eigenvalue weighted by atomic mass is 10.4. The Hall–Kier alpha value is -0.260. The number of hydrogen-bond acceptors (Lipinski definition) is 4. The van der Waals surface area contributed by atoms with Crippen LogP contribution in [-0.4, -0.2) is 22.5 Å². The summed E-state index contributed by atoms with van der Waals surface area (Å²) in [6.07, 6.45) is 1.60. The standard InChI is InChI=1S/C7H9BrN2OS/c8-6-3-5(9)4-10-7(6)12-2-1-11/h3-4,11H,1-2,9H2. The van der Waals surface area contributed by atoms with Crippen molar-refractivity contribution in [2.24, 2.45) is 0 Å². The molecule has 0 saturated heterocycles. The first-order chi connectivity index (χ1) is 5.74. The van der Waals surface area contributed by atoms with Gasteiger partial charge in [0.15, 0.2) is 0 Å². The Morgan fingerprint density at radius 3 is 3.00 bits per heavy atom. The maximum atomic E-state index is 8.58. The molecule has 0 aromatic carbocycles. The molecule has 0 aliphatic rings. The van der Waals surface area contributed by atoms with E-state index in [2.05, 4.69) is 20.9 Å². The second-order valence-corrected chi connectivity index (χ2v) is 4.07. The number of pyridine rings is 1. The Kier molecular flexibility index (Phi) is 3.84. The third-order valence-electron chi connectivity index (χ3n) is 1.16. The first-order valence-corrected chi connectivity index (χ1v) is 5.16. The average Bonchev–Trinajstić information content (AvgIpc) is 2.03. The Morgan fingerprint density at radius 2 is 2.42 bits per heavy atom. The summed E-state index contributed by atoms with van der Waals surface area (Å²) < 4.78 is 0.876. The summed E-state index contributed by atoms with van der Waals surface area (Å²) in [6, 6.07) is 1.80. The number of aliphatic hydroxyl groups excluding tert-OH is 1. The molecule has 3 N–H and O–H groups in total. The van der Waals surface area contributed by atoms with Crippen LogP contribution in [0.5, 0.6) is 0 Å². The van der Waals surface area contributed by atoms with E-state index in [-0.39, 0.29) is 6.61 Å². The molecule has 0 unspecified atom stereocenters. The van der Waals surface area contributed by atoms with E-state index in [9.17, 15) is 0 Å². The van der Waals surface area contributed by atoms with Crippen LogP contribution in [0.1, 0.15) is 0 Å². The minimum atomic E-state index is 0.156. The van der Waals surface area contributed by atoms with Crippen molar-refractivity contribution in [2.45, 2.75) is 5.03 Å². The van der Waals surface area contributed by atoms with Crippen LogP contribution in [0.2, 0.25) is 0 Å². The molecule has 3 nitrogen and oxygen atoms in total. The summed E-state index contributed by atoms with van der Waals surface area (Å²) in [5.41, 5.74) is 6.14. The summed E-state index contributed by atoms with van der Waals surface area (Å²) in [7, 11) is 0. The number of nitrogen functional groups attached to an aromatic ring is 1. The van der Waals surface area contributed by atoms with E-state index in [1.165, 1.54) is 11.8 Å². The van der Waals surface area contributed by atoms with Crippen LogP contribution in [0.4, 0.5) is 5.69 Å². The number of hydrogen-bond donors (Lipinski definition) is 2. The summed E-state index contributed by atoms with van der Waals surface area (Å²) in [4.78, 5) is 4.10. The minimum Gasteiger partial charge on any atom is -0.397 e. The SMILES string of the molecule is Nc1cnc(SCCO)c(Br)c1. The molecule has 0 bridgehead atoms. The number of nitrogens with two attached hydrogens (primary N) is 1. The third-order valence-corrected chi connectivity index (χ3v) is 3.01. The van der Waals surface area contributed by atoms with Gasteiger partial charge in [-0.05, 0) is 22.0 Å². The van der Waals surface area contributed by atoms with Crippen LogP contribution in [0.25, 0.3) is 0 Å². The molecule has 1 rings (SSSR count). The lowest BCUT2D eigenvalue weighted by Crippen LogP contribution is -1.91. The number of nitrogens with zero attached hydrogens (tertiary/aromatic N) is 1. The Balaban J connectivity index is 2.72. The molecule has 0 saturated carbocycles. The van der Waals surface area contributed by atoms with Crippen molar-refractivity contribution in [2.75, 3.05) is 18.1 Å². The topological polar surface area (TPSA) is 59.1 Å². The van der Waals surface area contributed by atoms with Gasteiger partial charge >= 0.3 is 0 Å².